The van der Waals surface area contributed by atoms with E-state index in [4.69, 9.17) is 33.7 Å². The van der Waals surface area contributed by atoms with E-state index in [1.165, 1.54) is 0 Å². The Hall–Kier alpha value is -0.520. The Bertz CT molecular complexity index is 518. The maximum absolute atomic E-state index is 11.8. The number of benzene rings is 1. The monoisotopic (exact) mass is 366 g/mol. The highest BCUT2D eigenvalue weighted by Gasteiger charge is 2.36. The van der Waals surface area contributed by atoms with Gasteiger partial charge in [0, 0.05) is 35.2 Å². The summed E-state index contributed by atoms with van der Waals surface area (Å²) < 4.78 is 5.46. The van der Waals surface area contributed by atoms with E-state index in [1.54, 1.807) is 13.0 Å². The maximum Gasteiger partial charge on any atom is 0.236 e. The van der Waals surface area contributed by atoms with E-state index in [9.17, 15) is 4.79 Å². The van der Waals surface area contributed by atoms with Crippen LogP contribution in [-0.4, -0.2) is 31.7 Å². The van der Waals surface area contributed by atoms with Crippen LogP contribution >= 0.6 is 35.6 Å². The minimum atomic E-state index is -0.525. The fourth-order valence-electron chi connectivity index (χ4n) is 2.64. The molecular formula is C15H21Cl3N2O2. The van der Waals surface area contributed by atoms with E-state index in [0.29, 0.717) is 29.8 Å². The summed E-state index contributed by atoms with van der Waals surface area (Å²) in [5, 5.41) is 4.15. The van der Waals surface area contributed by atoms with Gasteiger partial charge in [0.1, 0.15) is 0 Å². The zero-order chi connectivity index (χ0) is 15.5. The quantitative estimate of drug-likeness (QED) is 0.860. The molecule has 0 radical (unpaired) electrons. The lowest BCUT2D eigenvalue weighted by molar-refractivity contribution is -0.122. The summed E-state index contributed by atoms with van der Waals surface area (Å²) >= 11 is 12.3. The van der Waals surface area contributed by atoms with Crippen LogP contribution in [0, 0.1) is 0 Å². The number of rotatable bonds is 4. The lowest BCUT2D eigenvalue weighted by Gasteiger charge is -2.38. The van der Waals surface area contributed by atoms with Crippen molar-refractivity contribution in [2.45, 2.75) is 31.2 Å². The molecule has 1 aromatic rings. The lowest BCUT2D eigenvalue weighted by Crippen LogP contribution is -2.48. The van der Waals surface area contributed by atoms with Crippen molar-refractivity contribution in [2.24, 2.45) is 5.73 Å². The van der Waals surface area contributed by atoms with E-state index in [2.05, 4.69) is 5.32 Å². The van der Waals surface area contributed by atoms with Crippen molar-refractivity contribution in [1.82, 2.24) is 5.32 Å². The Balaban J connectivity index is 0.00000242. The zero-order valence-electron chi connectivity index (χ0n) is 12.4. The van der Waals surface area contributed by atoms with Gasteiger partial charge in [0.2, 0.25) is 5.91 Å². The van der Waals surface area contributed by atoms with E-state index in [-0.39, 0.29) is 23.7 Å². The number of hydrogen-bond donors (Lipinski definition) is 2. The second-order valence-corrected chi connectivity index (χ2v) is 6.37. The van der Waals surface area contributed by atoms with Crippen LogP contribution in [0.4, 0.5) is 0 Å². The molecule has 2 rings (SSSR count). The Morgan fingerprint density at radius 1 is 1.41 bits per heavy atom. The van der Waals surface area contributed by atoms with Crippen molar-refractivity contribution < 1.29 is 9.53 Å². The first kappa shape index (κ1) is 19.5. The molecule has 1 heterocycles. The molecular weight excluding hydrogens is 347 g/mol. The van der Waals surface area contributed by atoms with Gasteiger partial charge in [-0.25, -0.2) is 0 Å². The normalized spacial score (nSPS) is 18.2. The van der Waals surface area contributed by atoms with Gasteiger partial charge in [-0.15, -0.1) is 12.4 Å². The Morgan fingerprint density at radius 3 is 2.59 bits per heavy atom. The van der Waals surface area contributed by atoms with Crippen LogP contribution in [0.1, 0.15) is 25.3 Å². The second-order valence-electron chi connectivity index (χ2n) is 5.52. The summed E-state index contributed by atoms with van der Waals surface area (Å²) in [6.45, 7) is 3.46. The molecule has 1 fully saturated rings. The van der Waals surface area contributed by atoms with Crippen molar-refractivity contribution in [3.8, 4) is 0 Å². The van der Waals surface area contributed by atoms with Crippen LogP contribution in [0.3, 0.4) is 0 Å². The third kappa shape index (κ3) is 4.49. The third-order valence-electron chi connectivity index (χ3n) is 3.97. The molecule has 1 atom stereocenters. The number of carbonyl (C=O) groups is 1. The number of nitrogens with one attached hydrogen (secondary N) is 1. The fraction of sp³-hybridized carbons (Fsp3) is 0.533. The number of hydrogen-bond acceptors (Lipinski definition) is 3. The summed E-state index contributed by atoms with van der Waals surface area (Å²) in [6, 6.07) is 4.98. The summed E-state index contributed by atoms with van der Waals surface area (Å²) in [7, 11) is 0. The molecule has 0 bridgehead atoms. The van der Waals surface area contributed by atoms with Gasteiger partial charge in [-0.3, -0.25) is 4.79 Å². The van der Waals surface area contributed by atoms with Crippen LogP contribution in [0.25, 0.3) is 0 Å². The van der Waals surface area contributed by atoms with Gasteiger partial charge in [0.15, 0.2) is 0 Å². The van der Waals surface area contributed by atoms with E-state index >= 15 is 0 Å². The molecule has 3 N–H and O–H groups in total. The number of amides is 1. The molecule has 0 aliphatic carbocycles. The van der Waals surface area contributed by atoms with Gasteiger partial charge in [-0.2, -0.15) is 0 Å². The molecule has 22 heavy (non-hydrogen) atoms. The van der Waals surface area contributed by atoms with Gasteiger partial charge in [0.05, 0.1) is 6.04 Å². The molecule has 1 saturated heterocycles. The minimum absolute atomic E-state index is 0. The number of ether oxygens (including phenoxy) is 1. The van der Waals surface area contributed by atoms with E-state index in [1.807, 2.05) is 12.1 Å². The summed E-state index contributed by atoms with van der Waals surface area (Å²) in [5.74, 6) is -0.161. The first-order valence-corrected chi connectivity index (χ1v) is 7.77. The van der Waals surface area contributed by atoms with Crippen LogP contribution in [0.15, 0.2) is 18.2 Å². The largest absolute Gasteiger partial charge is 0.381 e. The lowest BCUT2D eigenvalue weighted by atomic mass is 9.74. The molecule has 124 valence electrons. The number of halogens is 3. The predicted molar refractivity (Wildman–Crippen MR) is 92.1 cm³/mol. The Morgan fingerprint density at radius 2 is 2.05 bits per heavy atom. The summed E-state index contributed by atoms with van der Waals surface area (Å²) in [5.41, 5.74) is 6.37. The van der Waals surface area contributed by atoms with Gasteiger partial charge >= 0.3 is 0 Å². The molecule has 0 aromatic heterocycles. The van der Waals surface area contributed by atoms with Crippen LogP contribution in [-0.2, 0) is 14.9 Å². The van der Waals surface area contributed by atoms with Crippen LogP contribution < -0.4 is 11.1 Å². The molecule has 7 heteroatoms. The van der Waals surface area contributed by atoms with Gasteiger partial charge in [-0.05, 0) is 37.5 Å². The topological polar surface area (TPSA) is 64.4 Å². The van der Waals surface area contributed by atoms with E-state index < -0.39 is 6.04 Å². The van der Waals surface area contributed by atoms with Gasteiger partial charge in [0.25, 0.3) is 0 Å². The molecule has 0 saturated carbocycles. The number of nitrogens with two attached hydrogens (primary N) is 1. The van der Waals surface area contributed by atoms with Crippen molar-refractivity contribution in [3.63, 3.8) is 0 Å². The highest BCUT2D eigenvalue weighted by Crippen LogP contribution is 2.39. The summed E-state index contributed by atoms with van der Waals surface area (Å²) in [6.07, 6.45) is 1.60. The SMILES string of the molecule is C[C@@H](N)C(=O)NCC1(c2ccc(Cl)cc2Cl)CCOCC1.Cl. The van der Waals surface area contributed by atoms with Gasteiger partial charge < -0.3 is 15.8 Å². The fourth-order valence-corrected chi connectivity index (χ4v) is 3.25. The van der Waals surface area contributed by atoms with Crippen molar-refractivity contribution in [2.75, 3.05) is 19.8 Å². The van der Waals surface area contributed by atoms with Crippen LogP contribution in [0.2, 0.25) is 10.0 Å². The molecule has 0 unspecified atom stereocenters. The Kier molecular flexibility index (Phi) is 7.42. The second kappa shape index (κ2) is 8.37. The van der Waals surface area contributed by atoms with E-state index in [0.717, 1.165) is 18.4 Å². The molecule has 0 spiro atoms. The highest BCUT2D eigenvalue weighted by atomic mass is 35.5. The van der Waals surface area contributed by atoms with Crippen LogP contribution in [0.5, 0.6) is 0 Å². The molecule has 1 aliphatic heterocycles. The Labute approximate surface area is 147 Å². The first-order valence-electron chi connectivity index (χ1n) is 7.01. The maximum atomic E-state index is 11.8. The highest BCUT2D eigenvalue weighted by molar-refractivity contribution is 6.35. The average molecular weight is 368 g/mol. The predicted octanol–water partition coefficient (Wildman–Crippen LogP) is 2.93. The van der Waals surface area contributed by atoms with Crippen molar-refractivity contribution in [1.29, 1.82) is 0 Å². The zero-order valence-corrected chi connectivity index (χ0v) is 14.7. The number of carbonyl (C=O) groups excluding carboxylic acids is 1. The minimum Gasteiger partial charge on any atom is -0.381 e. The molecule has 4 nitrogen and oxygen atoms in total. The summed E-state index contributed by atoms with van der Waals surface area (Å²) in [4.78, 5) is 11.8. The smallest absolute Gasteiger partial charge is 0.236 e. The standard InChI is InChI=1S/C15H20Cl2N2O2.ClH/c1-10(18)14(20)19-9-15(4-6-21-7-5-15)12-3-2-11(16)8-13(12)17;/h2-3,8,10H,4-7,9,18H2,1H3,(H,19,20);1H/t10-;/m1./s1. The molecule has 1 aromatic carbocycles. The average Bonchev–Trinajstić information content (AvgIpc) is 2.45. The third-order valence-corrected chi connectivity index (χ3v) is 4.51. The molecule has 1 amide bonds. The van der Waals surface area contributed by atoms with Gasteiger partial charge in [-0.1, -0.05) is 29.3 Å². The van der Waals surface area contributed by atoms with Crippen molar-refractivity contribution in [3.05, 3.63) is 33.8 Å². The van der Waals surface area contributed by atoms with Crippen molar-refractivity contribution >= 4 is 41.5 Å². The molecule has 1 aliphatic rings. The first-order chi connectivity index (χ1) is 9.94.